The number of halogens is 7. The standard InChI is InChI=1S/C27H22ClF2N7O2S.C5H11N.C2H4F2.CH2F2/c1-2-38-27-35-21-18-22(39-9-8-37(26(18)36-27)11-12-4-3-7-34-24(12)32)19(28)17(20(21)30)13-5-6-15(29)23-16(13)14(10-31)25(33)40-23;1-6-4-2-3-5-6;1-2(3)4;2-1-3/h4-6H,2-3,7-9,11,33H2,1H3,(H2,32,34);2-5H2,1H3;2H,1H3;1H2. The summed E-state index contributed by atoms with van der Waals surface area (Å²) in [6.07, 6.45) is 3.44. The lowest BCUT2D eigenvalue weighted by Crippen LogP contribution is -2.34. The van der Waals surface area contributed by atoms with Gasteiger partial charge in [0.2, 0.25) is 13.4 Å². The highest BCUT2D eigenvalue weighted by molar-refractivity contribution is 7.23. The molecule has 5 heterocycles. The van der Waals surface area contributed by atoms with Crippen molar-refractivity contribution in [2.45, 2.75) is 39.5 Å². The van der Waals surface area contributed by atoms with E-state index in [1.807, 2.05) is 17.0 Å². The van der Waals surface area contributed by atoms with Crippen molar-refractivity contribution in [3.63, 3.8) is 0 Å². The summed E-state index contributed by atoms with van der Waals surface area (Å²) in [5.41, 5.74) is 13.1. The molecule has 1 saturated heterocycles. The van der Waals surface area contributed by atoms with Crippen LogP contribution in [0.3, 0.4) is 0 Å². The van der Waals surface area contributed by atoms with Crippen LogP contribution in [0.4, 0.5) is 37.2 Å². The number of benzene rings is 2. The number of rotatable bonds is 5. The first-order valence-electron chi connectivity index (χ1n) is 16.6. The Kier molecular flexibility index (Phi) is 14.8. The largest absolute Gasteiger partial charge is 0.489 e. The number of nitrogens with zero attached hydrogens (tertiary/aromatic N) is 6. The van der Waals surface area contributed by atoms with Gasteiger partial charge >= 0.3 is 6.01 Å². The zero-order valence-corrected chi connectivity index (χ0v) is 30.9. The number of alkyl halides is 4. The molecule has 0 bridgehead atoms. The van der Waals surface area contributed by atoms with E-state index in [9.17, 15) is 27.2 Å². The number of amidine groups is 1. The molecule has 2 aromatic carbocycles. The number of dihydropyridines is 1. The number of nitrogen functional groups attached to an aromatic ring is 1. The number of aliphatic imine (C=N–C) groups is 1. The molecule has 1 fully saturated rings. The molecule has 7 rings (SSSR count). The van der Waals surface area contributed by atoms with E-state index >= 15 is 4.39 Å². The molecular formula is C35H39ClF6N8O2S. The minimum Gasteiger partial charge on any atom is -0.489 e. The number of ether oxygens (including phenoxy) is 2. The van der Waals surface area contributed by atoms with E-state index < -0.39 is 25.0 Å². The summed E-state index contributed by atoms with van der Waals surface area (Å²) < 4.78 is 83.2. The average Bonchev–Trinajstić information content (AvgIpc) is 3.68. The van der Waals surface area contributed by atoms with Crippen molar-refractivity contribution in [2.75, 3.05) is 70.5 Å². The van der Waals surface area contributed by atoms with E-state index in [2.05, 4.69) is 26.9 Å². The van der Waals surface area contributed by atoms with Crippen LogP contribution >= 0.6 is 22.9 Å². The minimum absolute atomic E-state index is 0.0315. The number of aromatic nitrogens is 2. The Morgan fingerprint density at radius 3 is 2.38 bits per heavy atom. The lowest BCUT2D eigenvalue weighted by Gasteiger charge is -2.25. The summed E-state index contributed by atoms with van der Waals surface area (Å²) in [5.74, 6) is -0.391. The summed E-state index contributed by atoms with van der Waals surface area (Å²) in [7, 11) is 2.17. The summed E-state index contributed by atoms with van der Waals surface area (Å²) in [4.78, 5) is 17.6. The van der Waals surface area contributed by atoms with Gasteiger partial charge in [-0.05, 0) is 64.9 Å². The first kappa shape index (κ1) is 41.2. The number of anilines is 2. The van der Waals surface area contributed by atoms with Crippen LogP contribution in [0.5, 0.6) is 11.8 Å². The van der Waals surface area contributed by atoms with Crippen LogP contribution in [0.2, 0.25) is 5.02 Å². The molecule has 0 amide bonds. The Morgan fingerprint density at radius 1 is 1.11 bits per heavy atom. The predicted molar refractivity (Wildman–Crippen MR) is 198 cm³/mol. The molecule has 286 valence electrons. The molecule has 3 aliphatic heterocycles. The highest BCUT2D eigenvalue weighted by Crippen LogP contribution is 2.50. The van der Waals surface area contributed by atoms with Crippen molar-refractivity contribution in [1.82, 2.24) is 14.9 Å². The van der Waals surface area contributed by atoms with Gasteiger partial charge in [-0.25, -0.2) is 26.3 Å². The monoisotopic (exact) mass is 784 g/mol. The summed E-state index contributed by atoms with van der Waals surface area (Å²) in [6.45, 7) is 5.29. The Labute approximate surface area is 311 Å². The van der Waals surface area contributed by atoms with Gasteiger partial charge in [-0.3, -0.25) is 4.99 Å². The predicted octanol–water partition coefficient (Wildman–Crippen LogP) is 8.05. The van der Waals surface area contributed by atoms with Crippen LogP contribution in [0, 0.1) is 23.0 Å². The quantitative estimate of drug-likeness (QED) is 0.193. The normalized spacial score (nSPS) is 15.2. The second-order valence-corrected chi connectivity index (χ2v) is 13.2. The van der Waals surface area contributed by atoms with Crippen LogP contribution in [0.1, 0.15) is 38.7 Å². The zero-order chi connectivity index (χ0) is 38.8. The van der Waals surface area contributed by atoms with Crippen molar-refractivity contribution in [1.29, 1.82) is 5.26 Å². The molecule has 4 aromatic rings. The Balaban J connectivity index is 0.000000413. The van der Waals surface area contributed by atoms with E-state index in [0.29, 0.717) is 31.3 Å². The van der Waals surface area contributed by atoms with Crippen LogP contribution in [0.15, 0.2) is 28.8 Å². The van der Waals surface area contributed by atoms with Crippen LogP contribution in [-0.4, -0.2) is 87.0 Å². The molecule has 4 N–H and O–H groups in total. The van der Waals surface area contributed by atoms with Gasteiger partial charge in [-0.1, -0.05) is 23.7 Å². The third-order valence-electron chi connectivity index (χ3n) is 8.14. The van der Waals surface area contributed by atoms with Crippen molar-refractivity contribution < 1.29 is 35.8 Å². The number of thiophene rings is 1. The number of nitriles is 1. The average molecular weight is 785 g/mol. The fourth-order valence-electron chi connectivity index (χ4n) is 5.91. The molecule has 0 unspecified atom stereocenters. The minimum atomic E-state index is -2.17. The van der Waals surface area contributed by atoms with Crippen molar-refractivity contribution >= 4 is 60.6 Å². The molecule has 0 atom stereocenters. The highest BCUT2D eigenvalue weighted by atomic mass is 35.5. The van der Waals surface area contributed by atoms with E-state index in [0.717, 1.165) is 30.3 Å². The van der Waals surface area contributed by atoms with E-state index in [-0.39, 0.29) is 72.7 Å². The van der Waals surface area contributed by atoms with Crippen LogP contribution in [-0.2, 0) is 0 Å². The molecule has 0 spiro atoms. The molecular weight excluding hydrogens is 746 g/mol. The maximum atomic E-state index is 16.6. The van der Waals surface area contributed by atoms with Crippen molar-refractivity contribution in [3.05, 3.63) is 46.0 Å². The Morgan fingerprint density at radius 2 is 1.79 bits per heavy atom. The molecule has 53 heavy (non-hydrogen) atoms. The van der Waals surface area contributed by atoms with E-state index in [1.165, 1.54) is 38.1 Å². The lowest BCUT2D eigenvalue weighted by molar-refractivity contribution is 0.171. The number of hydrogen-bond acceptors (Lipinski definition) is 11. The maximum absolute atomic E-state index is 16.6. The number of hydrogen-bond donors (Lipinski definition) is 2. The second kappa shape index (κ2) is 19.0. The van der Waals surface area contributed by atoms with Crippen LogP contribution in [0.25, 0.3) is 32.1 Å². The van der Waals surface area contributed by atoms with Crippen LogP contribution < -0.4 is 25.8 Å². The topological polar surface area (TPSA) is 139 Å². The van der Waals surface area contributed by atoms with E-state index in [1.54, 1.807) is 6.92 Å². The van der Waals surface area contributed by atoms with Gasteiger partial charge in [0.25, 0.3) is 0 Å². The van der Waals surface area contributed by atoms with Crippen molar-refractivity contribution in [3.8, 4) is 29.0 Å². The molecule has 0 saturated carbocycles. The van der Waals surface area contributed by atoms with E-state index in [4.69, 9.17) is 32.5 Å². The molecule has 3 aliphatic rings. The molecule has 0 radical (unpaired) electrons. The highest BCUT2D eigenvalue weighted by Gasteiger charge is 2.32. The first-order chi connectivity index (χ1) is 25.4. The Bertz CT molecular complexity index is 2010. The summed E-state index contributed by atoms with van der Waals surface area (Å²) in [6, 6.07) is 4.54. The van der Waals surface area contributed by atoms with Gasteiger partial charge < -0.3 is 30.7 Å². The van der Waals surface area contributed by atoms with Gasteiger partial charge in [0, 0.05) is 29.6 Å². The van der Waals surface area contributed by atoms with Gasteiger partial charge in [-0.15, -0.1) is 11.3 Å². The molecule has 10 nitrogen and oxygen atoms in total. The third kappa shape index (κ3) is 9.53. The summed E-state index contributed by atoms with van der Waals surface area (Å²) in [5, 5.41) is 10.3. The van der Waals surface area contributed by atoms with Crippen molar-refractivity contribution in [2.24, 2.45) is 10.7 Å². The second-order valence-electron chi connectivity index (χ2n) is 11.8. The first-order valence-corrected chi connectivity index (χ1v) is 17.8. The maximum Gasteiger partial charge on any atom is 0.319 e. The van der Waals surface area contributed by atoms with Gasteiger partial charge in [0.15, 0.2) is 11.6 Å². The lowest BCUT2D eigenvalue weighted by atomic mass is 9.96. The Hall–Kier alpha value is -4.53. The van der Waals surface area contributed by atoms with Gasteiger partial charge in [0.05, 0.1) is 33.8 Å². The fourth-order valence-corrected chi connectivity index (χ4v) is 7.20. The number of nitrogens with two attached hydrogens (primary N) is 2. The zero-order valence-electron chi connectivity index (χ0n) is 29.3. The molecule has 0 aliphatic carbocycles. The number of likely N-dealkylation sites (tertiary alicyclic amines) is 1. The smallest absolute Gasteiger partial charge is 0.319 e. The third-order valence-corrected chi connectivity index (χ3v) is 9.53. The van der Waals surface area contributed by atoms with Gasteiger partial charge in [-0.2, -0.15) is 15.2 Å². The van der Waals surface area contributed by atoms with Gasteiger partial charge in [0.1, 0.15) is 40.7 Å². The number of fused-ring (bicyclic) bond motifs is 1. The molecule has 18 heteroatoms. The summed E-state index contributed by atoms with van der Waals surface area (Å²) >= 11 is 7.80. The fraction of sp³-hybridized carbons (Fsp3) is 0.429. The molecule has 2 aromatic heterocycles. The SMILES string of the molecule is CC(F)F.CCOc1nc2c3c(c(Cl)c(-c4ccc(F)c5sc(N)c(C#N)c45)c(F)c3n1)OCCN2CC1=CCCN=C1N.CN1CCCC1.FCF.